The summed E-state index contributed by atoms with van der Waals surface area (Å²) in [5.41, 5.74) is 3.75. The number of hydrogen-bond acceptors (Lipinski definition) is 4. The number of carbonyl (C=O) groups is 1. The Labute approximate surface area is 167 Å². The summed E-state index contributed by atoms with van der Waals surface area (Å²) in [5, 5.41) is 23.8. The first kappa shape index (κ1) is 20.5. The molecule has 0 saturated carbocycles. The SMILES string of the molecule is CC(C)=CCC/C(C)=C/CC[C@@]1(C)Oc2c(c(O)cc3c2CNC3=O)C[C@H]1O. The Morgan fingerprint density at radius 1 is 1.29 bits per heavy atom. The van der Waals surface area contributed by atoms with Gasteiger partial charge < -0.3 is 20.3 Å². The molecule has 1 aromatic carbocycles. The summed E-state index contributed by atoms with van der Waals surface area (Å²) in [6.07, 6.45) is 7.61. The van der Waals surface area contributed by atoms with Gasteiger partial charge in [-0.15, -0.1) is 0 Å². The smallest absolute Gasteiger partial charge is 0.252 e. The zero-order valence-corrected chi connectivity index (χ0v) is 17.3. The van der Waals surface area contributed by atoms with Gasteiger partial charge in [-0.1, -0.05) is 23.3 Å². The zero-order chi connectivity index (χ0) is 20.5. The molecule has 1 amide bonds. The summed E-state index contributed by atoms with van der Waals surface area (Å²) in [6, 6.07) is 1.48. The summed E-state index contributed by atoms with van der Waals surface area (Å²) in [5.74, 6) is 0.381. The lowest BCUT2D eigenvalue weighted by Crippen LogP contribution is -2.49. The molecule has 0 bridgehead atoms. The van der Waals surface area contributed by atoms with Crippen LogP contribution >= 0.6 is 0 Å². The third-order valence-corrected chi connectivity index (χ3v) is 5.80. The van der Waals surface area contributed by atoms with E-state index in [2.05, 4.69) is 38.2 Å². The van der Waals surface area contributed by atoms with Gasteiger partial charge in [-0.2, -0.15) is 0 Å². The van der Waals surface area contributed by atoms with Crippen molar-refractivity contribution in [3.8, 4) is 11.5 Å². The van der Waals surface area contributed by atoms with E-state index in [1.54, 1.807) is 0 Å². The van der Waals surface area contributed by atoms with E-state index in [4.69, 9.17) is 4.74 Å². The molecule has 1 aromatic rings. The zero-order valence-electron chi connectivity index (χ0n) is 17.3. The highest BCUT2D eigenvalue weighted by Gasteiger charge is 2.43. The minimum absolute atomic E-state index is 0.0157. The Morgan fingerprint density at radius 2 is 2.04 bits per heavy atom. The van der Waals surface area contributed by atoms with Crippen molar-refractivity contribution in [2.45, 2.75) is 78.0 Å². The van der Waals surface area contributed by atoms with Gasteiger partial charge in [-0.25, -0.2) is 0 Å². The average molecular weight is 386 g/mol. The predicted molar refractivity (Wildman–Crippen MR) is 110 cm³/mol. The fraction of sp³-hybridized carbons (Fsp3) is 0.522. The number of aliphatic hydroxyl groups excluding tert-OH is 1. The van der Waals surface area contributed by atoms with Crippen LogP contribution in [-0.4, -0.2) is 27.8 Å². The number of phenols is 1. The van der Waals surface area contributed by atoms with Crippen LogP contribution in [0, 0.1) is 0 Å². The van der Waals surface area contributed by atoms with Crippen LogP contribution < -0.4 is 10.1 Å². The number of hydrogen-bond donors (Lipinski definition) is 3. The Morgan fingerprint density at radius 3 is 2.75 bits per heavy atom. The van der Waals surface area contributed by atoms with Crippen molar-refractivity contribution in [3.63, 3.8) is 0 Å². The topological polar surface area (TPSA) is 78.8 Å². The molecule has 0 spiro atoms. The first-order chi connectivity index (χ1) is 13.2. The van der Waals surface area contributed by atoms with Gasteiger partial charge in [-0.05, 0) is 59.4 Å². The van der Waals surface area contributed by atoms with Crippen molar-refractivity contribution in [3.05, 3.63) is 46.1 Å². The molecule has 28 heavy (non-hydrogen) atoms. The molecular formula is C23H31NO4. The van der Waals surface area contributed by atoms with Crippen molar-refractivity contribution < 1.29 is 19.7 Å². The van der Waals surface area contributed by atoms with Crippen LogP contribution in [-0.2, 0) is 13.0 Å². The number of aliphatic hydroxyl groups is 1. The number of rotatable bonds is 6. The molecule has 0 aliphatic carbocycles. The lowest BCUT2D eigenvalue weighted by Gasteiger charge is -2.40. The van der Waals surface area contributed by atoms with Gasteiger partial charge >= 0.3 is 0 Å². The second kappa shape index (κ2) is 8.00. The van der Waals surface area contributed by atoms with Gasteiger partial charge in [0.1, 0.15) is 17.1 Å². The van der Waals surface area contributed by atoms with Crippen LogP contribution in [0.3, 0.4) is 0 Å². The number of nitrogens with one attached hydrogen (secondary N) is 1. The fourth-order valence-corrected chi connectivity index (χ4v) is 3.92. The van der Waals surface area contributed by atoms with Crippen molar-refractivity contribution in [1.82, 2.24) is 5.32 Å². The molecule has 0 fully saturated rings. The normalized spacial score (nSPS) is 23.5. The number of allylic oxidation sites excluding steroid dienone is 4. The van der Waals surface area contributed by atoms with E-state index in [1.807, 2.05) is 6.92 Å². The molecule has 5 heteroatoms. The van der Waals surface area contributed by atoms with Gasteiger partial charge in [0, 0.05) is 24.1 Å². The number of carbonyl (C=O) groups excluding carboxylic acids is 1. The van der Waals surface area contributed by atoms with E-state index in [0.29, 0.717) is 36.3 Å². The Kier molecular flexibility index (Phi) is 5.84. The molecule has 0 aromatic heterocycles. The van der Waals surface area contributed by atoms with Crippen molar-refractivity contribution in [2.75, 3.05) is 0 Å². The van der Waals surface area contributed by atoms with Crippen molar-refractivity contribution in [2.24, 2.45) is 0 Å². The number of fused-ring (bicyclic) bond motifs is 3. The summed E-state index contributed by atoms with van der Waals surface area (Å²) in [7, 11) is 0. The maximum atomic E-state index is 12.0. The molecule has 5 nitrogen and oxygen atoms in total. The van der Waals surface area contributed by atoms with E-state index in [9.17, 15) is 15.0 Å². The third kappa shape index (κ3) is 4.09. The maximum absolute atomic E-state index is 12.0. The highest BCUT2D eigenvalue weighted by atomic mass is 16.5. The van der Waals surface area contributed by atoms with Crippen molar-refractivity contribution in [1.29, 1.82) is 0 Å². The van der Waals surface area contributed by atoms with Gasteiger partial charge in [0.05, 0.1) is 11.7 Å². The average Bonchev–Trinajstić information content (AvgIpc) is 2.97. The third-order valence-electron chi connectivity index (χ3n) is 5.80. The highest BCUT2D eigenvalue weighted by Crippen LogP contribution is 2.44. The van der Waals surface area contributed by atoms with Gasteiger partial charge in [0.15, 0.2) is 0 Å². The molecule has 0 radical (unpaired) electrons. The number of aromatic hydroxyl groups is 1. The minimum Gasteiger partial charge on any atom is -0.508 e. The molecule has 3 rings (SSSR count). The Bertz CT molecular complexity index is 835. The molecule has 0 unspecified atom stereocenters. The molecular weight excluding hydrogens is 354 g/mol. The first-order valence-corrected chi connectivity index (χ1v) is 10.0. The summed E-state index contributed by atoms with van der Waals surface area (Å²) in [6.45, 7) is 8.66. The number of phenolic OH excluding ortho intramolecular Hbond substituents is 1. The van der Waals surface area contributed by atoms with E-state index >= 15 is 0 Å². The minimum atomic E-state index is -0.753. The number of amides is 1. The molecule has 2 heterocycles. The largest absolute Gasteiger partial charge is 0.508 e. The summed E-state index contributed by atoms with van der Waals surface area (Å²) >= 11 is 0. The molecule has 0 saturated heterocycles. The maximum Gasteiger partial charge on any atom is 0.252 e. The second-order valence-electron chi connectivity index (χ2n) is 8.46. The van der Waals surface area contributed by atoms with Crippen LogP contribution in [0.25, 0.3) is 0 Å². The van der Waals surface area contributed by atoms with E-state index in [-0.39, 0.29) is 11.7 Å². The molecule has 2 atom stereocenters. The van der Waals surface area contributed by atoms with Crippen LogP contribution in [0.1, 0.15) is 74.9 Å². The van der Waals surface area contributed by atoms with Gasteiger partial charge in [0.25, 0.3) is 5.91 Å². The molecule has 3 N–H and O–H groups in total. The highest BCUT2D eigenvalue weighted by molar-refractivity contribution is 6.00. The standard InChI is InChI=1S/C23H31NO4/c1-14(2)7-5-8-15(3)9-6-10-23(4)20(26)12-17-19(25)11-16-18(21(17)28-23)13-24-22(16)27/h7,9,11,20,25-26H,5-6,8,10,12-13H2,1-4H3,(H,24,27)/b15-9+/t20-,23-/m1/s1. The first-order valence-electron chi connectivity index (χ1n) is 10.0. The van der Waals surface area contributed by atoms with E-state index in [0.717, 1.165) is 24.8 Å². The van der Waals surface area contributed by atoms with Gasteiger partial charge in [-0.3, -0.25) is 4.79 Å². The molecule has 152 valence electrons. The van der Waals surface area contributed by atoms with Crippen LogP contribution in [0.5, 0.6) is 11.5 Å². The second-order valence-corrected chi connectivity index (χ2v) is 8.46. The number of benzene rings is 1. The Balaban J connectivity index is 1.73. The Hall–Kier alpha value is -2.27. The predicted octanol–water partition coefficient (Wildman–Crippen LogP) is 4.16. The monoisotopic (exact) mass is 385 g/mol. The van der Waals surface area contributed by atoms with Crippen LogP contribution in [0.2, 0.25) is 0 Å². The summed E-state index contributed by atoms with van der Waals surface area (Å²) in [4.78, 5) is 12.0. The van der Waals surface area contributed by atoms with Crippen LogP contribution in [0.15, 0.2) is 29.4 Å². The van der Waals surface area contributed by atoms with E-state index in [1.165, 1.54) is 17.2 Å². The van der Waals surface area contributed by atoms with Gasteiger partial charge in [0.2, 0.25) is 0 Å². The lowest BCUT2D eigenvalue weighted by atomic mass is 9.84. The van der Waals surface area contributed by atoms with E-state index < -0.39 is 11.7 Å². The number of ether oxygens (including phenoxy) is 1. The van der Waals surface area contributed by atoms with Crippen molar-refractivity contribution >= 4 is 5.91 Å². The quantitative estimate of drug-likeness (QED) is 0.643. The summed E-state index contributed by atoms with van der Waals surface area (Å²) < 4.78 is 6.26. The molecule has 2 aliphatic rings. The van der Waals surface area contributed by atoms with Crippen LogP contribution in [0.4, 0.5) is 0 Å². The fourth-order valence-electron chi connectivity index (χ4n) is 3.92. The molecule has 2 aliphatic heterocycles. The lowest BCUT2D eigenvalue weighted by molar-refractivity contribution is -0.0598.